The van der Waals surface area contributed by atoms with Crippen molar-refractivity contribution in [1.29, 1.82) is 0 Å². The third-order valence-corrected chi connectivity index (χ3v) is 3.54. The first-order valence-corrected chi connectivity index (χ1v) is 7.26. The van der Waals surface area contributed by atoms with Crippen LogP contribution in [0.1, 0.15) is 0 Å². The van der Waals surface area contributed by atoms with Gasteiger partial charge in [-0.2, -0.15) is 0 Å². The molecular weight excluding hydrogens is 298 g/mol. The summed E-state index contributed by atoms with van der Waals surface area (Å²) in [5, 5.41) is 5.51. The number of rotatable bonds is 4. The normalized spacial score (nSPS) is 10.4. The molecule has 0 saturated carbocycles. The van der Waals surface area contributed by atoms with E-state index in [1.54, 1.807) is 12.1 Å². The molecule has 0 unspecified atom stereocenters. The largest absolute Gasteiger partial charge is 0.482 e. The van der Waals surface area contributed by atoms with Crippen LogP contribution in [0.15, 0.2) is 66.7 Å². The van der Waals surface area contributed by atoms with Crippen molar-refractivity contribution >= 4 is 34.0 Å². The lowest BCUT2D eigenvalue weighted by Crippen LogP contribution is -2.20. The van der Waals surface area contributed by atoms with Gasteiger partial charge in [-0.15, -0.1) is 0 Å². The molecule has 22 heavy (non-hydrogen) atoms. The van der Waals surface area contributed by atoms with E-state index < -0.39 is 0 Å². The SMILES string of the molecule is O=C(COc1ccccc1Cl)Nc1ccc2ccccc2c1. The Bertz CT molecular complexity index is 817. The number of halogens is 1. The maximum absolute atomic E-state index is 12.0. The number of hydrogen-bond donors (Lipinski definition) is 1. The predicted octanol–water partition coefficient (Wildman–Crippen LogP) is 4.51. The quantitative estimate of drug-likeness (QED) is 0.770. The molecular formula is C18H14ClNO2. The molecule has 1 amide bonds. The van der Waals surface area contributed by atoms with Crippen molar-refractivity contribution in [3.05, 3.63) is 71.8 Å². The monoisotopic (exact) mass is 311 g/mol. The molecule has 0 fully saturated rings. The van der Waals surface area contributed by atoms with E-state index in [1.165, 1.54) is 0 Å². The van der Waals surface area contributed by atoms with Gasteiger partial charge in [0.05, 0.1) is 5.02 Å². The molecule has 3 aromatic carbocycles. The molecule has 0 bridgehead atoms. The van der Waals surface area contributed by atoms with Crippen molar-refractivity contribution in [3.8, 4) is 5.75 Å². The van der Waals surface area contributed by atoms with E-state index in [9.17, 15) is 4.79 Å². The van der Waals surface area contributed by atoms with E-state index in [0.29, 0.717) is 10.8 Å². The molecule has 0 aliphatic heterocycles. The van der Waals surface area contributed by atoms with Crippen LogP contribution in [0.3, 0.4) is 0 Å². The van der Waals surface area contributed by atoms with E-state index in [2.05, 4.69) is 5.32 Å². The fourth-order valence-electron chi connectivity index (χ4n) is 2.17. The van der Waals surface area contributed by atoms with Crippen molar-refractivity contribution in [2.45, 2.75) is 0 Å². The van der Waals surface area contributed by atoms with Gasteiger partial charge in [0.1, 0.15) is 5.75 Å². The standard InChI is InChI=1S/C18H14ClNO2/c19-16-7-3-4-8-17(16)22-12-18(21)20-15-10-9-13-5-1-2-6-14(13)11-15/h1-11H,12H2,(H,20,21). The maximum atomic E-state index is 12.0. The number of ether oxygens (including phenoxy) is 1. The molecule has 0 aromatic heterocycles. The van der Waals surface area contributed by atoms with Gasteiger partial charge < -0.3 is 10.1 Å². The number of carbonyl (C=O) groups excluding carboxylic acids is 1. The lowest BCUT2D eigenvalue weighted by atomic mass is 10.1. The molecule has 0 spiro atoms. The van der Waals surface area contributed by atoms with E-state index in [1.807, 2.05) is 54.6 Å². The van der Waals surface area contributed by atoms with E-state index in [-0.39, 0.29) is 12.5 Å². The zero-order valence-electron chi connectivity index (χ0n) is 11.8. The third-order valence-electron chi connectivity index (χ3n) is 3.23. The van der Waals surface area contributed by atoms with Gasteiger partial charge in [0.15, 0.2) is 6.61 Å². The number of para-hydroxylation sites is 1. The highest BCUT2D eigenvalue weighted by atomic mass is 35.5. The second-order valence-corrected chi connectivity index (χ2v) is 5.24. The molecule has 0 radical (unpaired) electrons. The molecule has 110 valence electrons. The average molecular weight is 312 g/mol. The minimum atomic E-state index is -0.227. The Morgan fingerprint density at radius 1 is 0.955 bits per heavy atom. The number of fused-ring (bicyclic) bond motifs is 1. The summed E-state index contributed by atoms with van der Waals surface area (Å²) in [4.78, 5) is 12.0. The molecule has 3 rings (SSSR count). The van der Waals surface area contributed by atoms with E-state index >= 15 is 0 Å². The van der Waals surface area contributed by atoms with Gasteiger partial charge in [-0.05, 0) is 35.0 Å². The van der Waals surface area contributed by atoms with Crippen molar-refractivity contribution < 1.29 is 9.53 Å². The summed E-state index contributed by atoms with van der Waals surface area (Å²) in [5.74, 6) is 0.271. The summed E-state index contributed by atoms with van der Waals surface area (Å²) in [5.41, 5.74) is 0.742. The first-order valence-electron chi connectivity index (χ1n) is 6.88. The Labute approximate surface area is 133 Å². The number of nitrogens with one attached hydrogen (secondary N) is 1. The van der Waals surface area contributed by atoms with Crippen molar-refractivity contribution in [3.63, 3.8) is 0 Å². The Kier molecular flexibility index (Phi) is 4.26. The zero-order valence-corrected chi connectivity index (χ0v) is 12.5. The molecule has 0 saturated heterocycles. The van der Waals surface area contributed by atoms with Crippen LogP contribution in [0.5, 0.6) is 5.75 Å². The van der Waals surface area contributed by atoms with Gasteiger partial charge in [-0.3, -0.25) is 4.79 Å². The fraction of sp³-hybridized carbons (Fsp3) is 0.0556. The Balaban J connectivity index is 1.64. The number of amides is 1. The van der Waals surface area contributed by atoms with Crippen LogP contribution in [0, 0.1) is 0 Å². The highest BCUT2D eigenvalue weighted by Gasteiger charge is 2.06. The van der Waals surface area contributed by atoms with Gasteiger partial charge in [-0.25, -0.2) is 0 Å². The predicted molar refractivity (Wildman–Crippen MR) is 89.5 cm³/mol. The Hall–Kier alpha value is -2.52. The molecule has 0 heterocycles. The van der Waals surface area contributed by atoms with E-state index in [0.717, 1.165) is 16.5 Å². The average Bonchev–Trinajstić information content (AvgIpc) is 2.54. The number of benzene rings is 3. The summed E-state index contributed by atoms with van der Waals surface area (Å²) in [6, 6.07) is 20.8. The number of hydrogen-bond acceptors (Lipinski definition) is 2. The number of carbonyl (C=O) groups is 1. The molecule has 4 heteroatoms. The minimum Gasteiger partial charge on any atom is -0.482 e. The van der Waals surface area contributed by atoms with Gasteiger partial charge in [0.2, 0.25) is 0 Å². The maximum Gasteiger partial charge on any atom is 0.262 e. The highest BCUT2D eigenvalue weighted by Crippen LogP contribution is 2.23. The Morgan fingerprint density at radius 3 is 2.50 bits per heavy atom. The molecule has 0 aliphatic rings. The van der Waals surface area contributed by atoms with Crippen molar-refractivity contribution in [2.24, 2.45) is 0 Å². The molecule has 1 N–H and O–H groups in total. The van der Waals surface area contributed by atoms with Crippen LogP contribution in [0.25, 0.3) is 10.8 Å². The second kappa shape index (κ2) is 6.50. The van der Waals surface area contributed by atoms with Crippen LogP contribution in [-0.4, -0.2) is 12.5 Å². The summed E-state index contributed by atoms with van der Waals surface area (Å²) < 4.78 is 5.41. The van der Waals surface area contributed by atoms with Gasteiger partial charge in [0, 0.05) is 5.69 Å². The van der Waals surface area contributed by atoms with Gasteiger partial charge in [-0.1, -0.05) is 54.1 Å². The highest BCUT2D eigenvalue weighted by molar-refractivity contribution is 6.32. The molecule has 0 atom stereocenters. The summed E-state index contributed by atoms with van der Waals surface area (Å²) in [6.45, 7) is -0.0867. The van der Waals surface area contributed by atoms with Crippen LogP contribution in [-0.2, 0) is 4.79 Å². The van der Waals surface area contributed by atoms with Crippen LogP contribution in [0.2, 0.25) is 5.02 Å². The fourth-order valence-corrected chi connectivity index (χ4v) is 2.36. The molecule has 0 aliphatic carbocycles. The minimum absolute atomic E-state index is 0.0867. The van der Waals surface area contributed by atoms with Crippen LogP contribution < -0.4 is 10.1 Å². The first kappa shape index (κ1) is 14.4. The number of anilines is 1. The van der Waals surface area contributed by atoms with Gasteiger partial charge in [0.25, 0.3) is 5.91 Å². The summed E-state index contributed by atoms with van der Waals surface area (Å²) in [6.07, 6.45) is 0. The summed E-state index contributed by atoms with van der Waals surface area (Å²) >= 11 is 5.98. The smallest absolute Gasteiger partial charge is 0.262 e. The third kappa shape index (κ3) is 3.38. The topological polar surface area (TPSA) is 38.3 Å². The molecule has 3 aromatic rings. The van der Waals surface area contributed by atoms with Gasteiger partial charge >= 0.3 is 0 Å². The van der Waals surface area contributed by atoms with Crippen LogP contribution >= 0.6 is 11.6 Å². The lowest BCUT2D eigenvalue weighted by molar-refractivity contribution is -0.118. The van der Waals surface area contributed by atoms with Crippen LogP contribution in [0.4, 0.5) is 5.69 Å². The molecule has 3 nitrogen and oxygen atoms in total. The van der Waals surface area contributed by atoms with Crippen molar-refractivity contribution in [1.82, 2.24) is 0 Å². The first-order chi connectivity index (χ1) is 10.7. The van der Waals surface area contributed by atoms with Crippen molar-refractivity contribution in [2.75, 3.05) is 11.9 Å². The lowest BCUT2D eigenvalue weighted by Gasteiger charge is -2.09. The second-order valence-electron chi connectivity index (χ2n) is 4.83. The zero-order chi connectivity index (χ0) is 15.4. The Morgan fingerprint density at radius 2 is 1.68 bits per heavy atom. The summed E-state index contributed by atoms with van der Waals surface area (Å²) in [7, 11) is 0. The van der Waals surface area contributed by atoms with E-state index in [4.69, 9.17) is 16.3 Å².